The van der Waals surface area contributed by atoms with Crippen LogP contribution in [0.2, 0.25) is 0 Å². The van der Waals surface area contributed by atoms with Crippen molar-refractivity contribution in [3.05, 3.63) is 30.1 Å². The summed E-state index contributed by atoms with van der Waals surface area (Å²) in [7, 11) is 0. The second-order valence-corrected chi connectivity index (χ2v) is 5.22. The van der Waals surface area contributed by atoms with Gasteiger partial charge >= 0.3 is 0 Å². The number of nitrogens with zero attached hydrogens (tertiary/aromatic N) is 3. The number of rotatable bonds is 9. The van der Waals surface area contributed by atoms with Crippen LogP contribution in [0.25, 0.3) is 0 Å². The highest BCUT2D eigenvalue weighted by molar-refractivity contribution is 5.08. The van der Waals surface area contributed by atoms with Crippen LogP contribution in [-0.4, -0.2) is 46.8 Å². The molecular formula is C15H24N4O. The van der Waals surface area contributed by atoms with Crippen LogP contribution in [0.15, 0.2) is 24.5 Å². The Morgan fingerprint density at radius 2 is 2.30 bits per heavy atom. The molecule has 110 valence electrons. The summed E-state index contributed by atoms with van der Waals surface area (Å²) in [5.41, 5.74) is 1.09. The van der Waals surface area contributed by atoms with Crippen molar-refractivity contribution in [2.45, 2.75) is 39.0 Å². The Balaban J connectivity index is 2.49. The largest absolute Gasteiger partial charge is 0.390 e. The van der Waals surface area contributed by atoms with Crippen LogP contribution < -0.4 is 5.32 Å². The summed E-state index contributed by atoms with van der Waals surface area (Å²) in [6, 6.07) is 6.41. The maximum Gasteiger partial charge on any atom is 0.0791 e. The predicted molar refractivity (Wildman–Crippen MR) is 78.9 cm³/mol. The topological polar surface area (TPSA) is 72.2 Å². The van der Waals surface area contributed by atoms with E-state index in [1.165, 1.54) is 0 Å². The third kappa shape index (κ3) is 7.19. The molecule has 1 rings (SSSR count). The van der Waals surface area contributed by atoms with Crippen LogP contribution in [0, 0.1) is 11.3 Å². The van der Waals surface area contributed by atoms with E-state index in [0.29, 0.717) is 38.6 Å². The lowest BCUT2D eigenvalue weighted by atomic mass is 10.2. The monoisotopic (exact) mass is 276 g/mol. The SMILES string of the molecule is CC(C)NCC(O)CN(CCC#N)Cc1cccnc1. The van der Waals surface area contributed by atoms with Gasteiger partial charge in [0.15, 0.2) is 0 Å². The average molecular weight is 276 g/mol. The molecule has 0 bridgehead atoms. The van der Waals surface area contributed by atoms with Crippen LogP contribution in [0.5, 0.6) is 0 Å². The van der Waals surface area contributed by atoms with Crippen molar-refractivity contribution in [3.8, 4) is 6.07 Å². The van der Waals surface area contributed by atoms with Crippen LogP contribution in [-0.2, 0) is 6.54 Å². The lowest BCUT2D eigenvalue weighted by molar-refractivity contribution is 0.107. The first-order valence-electron chi connectivity index (χ1n) is 7.01. The van der Waals surface area contributed by atoms with E-state index in [-0.39, 0.29) is 0 Å². The maximum atomic E-state index is 10.0. The Hall–Kier alpha value is -1.48. The number of hydrogen-bond acceptors (Lipinski definition) is 5. The molecule has 0 aliphatic heterocycles. The van der Waals surface area contributed by atoms with Crippen LogP contribution in [0.1, 0.15) is 25.8 Å². The molecule has 20 heavy (non-hydrogen) atoms. The number of pyridine rings is 1. The fourth-order valence-electron chi connectivity index (χ4n) is 1.93. The van der Waals surface area contributed by atoms with Crippen LogP contribution >= 0.6 is 0 Å². The Labute approximate surface area is 121 Å². The molecule has 1 unspecified atom stereocenters. The molecular weight excluding hydrogens is 252 g/mol. The Morgan fingerprint density at radius 1 is 1.50 bits per heavy atom. The van der Waals surface area contributed by atoms with Crippen molar-refractivity contribution in [1.82, 2.24) is 15.2 Å². The van der Waals surface area contributed by atoms with E-state index in [0.717, 1.165) is 5.56 Å². The zero-order valence-electron chi connectivity index (χ0n) is 12.3. The number of aliphatic hydroxyl groups is 1. The third-order valence-electron chi connectivity index (χ3n) is 2.90. The molecule has 0 fully saturated rings. The number of hydrogen-bond donors (Lipinski definition) is 2. The zero-order chi connectivity index (χ0) is 14.8. The van der Waals surface area contributed by atoms with Crippen molar-refractivity contribution in [3.63, 3.8) is 0 Å². The van der Waals surface area contributed by atoms with Gasteiger partial charge in [-0.1, -0.05) is 19.9 Å². The molecule has 1 aromatic heterocycles. The average Bonchev–Trinajstić information content (AvgIpc) is 2.43. The summed E-state index contributed by atoms with van der Waals surface area (Å²) >= 11 is 0. The minimum absolute atomic E-state index is 0.357. The number of aliphatic hydroxyl groups excluding tert-OH is 1. The molecule has 0 aliphatic rings. The van der Waals surface area contributed by atoms with E-state index in [1.54, 1.807) is 6.20 Å². The number of aromatic nitrogens is 1. The fourth-order valence-corrected chi connectivity index (χ4v) is 1.93. The summed E-state index contributed by atoms with van der Waals surface area (Å²) in [5, 5.41) is 22.0. The molecule has 0 saturated heterocycles. The van der Waals surface area contributed by atoms with E-state index in [1.807, 2.05) is 18.3 Å². The predicted octanol–water partition coefficient (Wildman–Crippen LogP) is 1.16. The lowest BCUT2D eigenvalue weighted by Crippen LogP contribution is -2.40. The second kappa shape index (κ2) is 9.43. The first kappa shape index (κ1) is 16.6. The summed E-state index contributed by atoms with van der Waals surface area (Å²) in [6.07, 6.45) is 3.58. The Kier molecular flexibility index (Phi) is 7.81. The molecule has 0 spiro atoms. The minimum atomic E-state index is -0.437. The van der Waals surface area contributed by atoms with Gasteiger partial charge in [-0.05, 0) is 11.6 Å². The van der Waals surface area contributed by atoms with E-state index >= 15 is 0 Å². The van der Waals surface area contributed by atoms with E-state index in [9.17, 15) is 5.11 Å². The highest BCUT2D eigenvalue weighted by Crippen LogP contribution is 2.04. The summed E-state index contributed by atoms with van der Waals surface area (Å²) in [5.74, 6) is 0. The third-order valence-corrected chi connectivity index (χ3v) is 2.90. The standard InChI is InChI=1S/C15H24N4O/c1-13(2)18-10-15(20)12-19(8-4-6-16)11-14-5-3-7-17-9-14/h3,5,7,9,13,15,18,20H,4,8,10-12H2,1-2H3. The van der Waals surface area contributed by atoms with Crippen molar-refractivity contribution in [2.75, 3.05) is 19.6 Å². The molecule has 1 aromatic rings. The van der Waals surface area contributed by atoms with Crippen molar-refractivity contribution >= 4 is 0 Å². The van der Waals surface area contributed by atoms with Gasteiger partial charge in [0.05, 0.1) is 12.2 Å². The quantitative estimate of drug-likeness (QED) is 0.708. The van der Waals surface area contributed by atoms with Crippen LogP contribution in [0.4, 0.5) is 0 Å². The van der Waals surface area contributed by atoms with Gasteiger partial charge in [-0.15, -0.1) is 0 Å². The second-order valence-electron chi connectivity index (χ2n) is 5.22. The van der Waals surface area contributed by atoms with Gasteiger partial charge in [-0.3, -0.25) is 9.88 Å². The van der Waals surface area contributed by atoms with Crippen molar-refractivity contribution in [2.24, 2.45) is 0 Å². The molecule has 0 aromatic carbocycles. The smallest absolute Gasteiger partial charge is 0.0791 e. The van der Waals surface area contributed by atoms with Gasteiger partial charge in [-0.25, -0.2) is 0 Å². The summed E-state index contributed by atoms with van der Waals surface area (Å²) < 4.78 is 0. The molecule has 0 amide bonds. The van der Waals surface area contributed by atoms with E-state index < -0.39 is 6.10 Å². The van der Waals surface area contributed by atoms with E-state index in [4.69, 9.17) is 5.26 Å². The highest BCUT2D eigenvalue weighted by atomic mass is 16.3. The normalized spacial score (nSPS) is 12.6. The molecule has 1 atom stereocenters. The van der Waals surface area contributed by atoms with Gasteiger partial charge in [0.1, 0.15) is 0 Å². The maximum absolute atomic E-state index is 10.0. The molecule has 2 N–H and O–H groups in total. The van der Waals surface area contributed by atoms with E-state index in [2.05, 4.69) is 35.1 Å². The fraction of sp³-hybridized carbons (Fsp3) is 0.600. The molecule has 1 heterocycles. The first-order valence-corrected chi connectivity index (χ1v) is 7.01. The molecule has 0 saturated carbocycles. The van der Waals surface area contributed by atoms with Crippen molar-refractivity contribution < 1.29 is 5.11 Å². The molecule has 5 nitrogen and oxygen atoms in total. The van der Waals surface area contributed by atoms with Gasteiger partial charge in [0.2, 0.25) is 0 Å². The number of nitrogens with one attached hydrogen (secondary N) is 1. The number of nitriles is 1. The zero-order valence-corrected chi connectivity index (χ0v) is 12.3. The Morgan fingerprint density at radius 3 is 2.90 bits per heavy atom. The lowest BCUT2D eigenvalue weighted by Gasteiger charge is -2.24. The van der Waals surface area contributed by atoms with Gasteiger partial charge in [0, 0.05) is 51.0 Å². The summed E-state index contributed by atoms with van der Waals surface area (Å²) in [6.45, 7) is 6.58. The van der Waals surface area contributed by atoms with Gasteiger partial charge in [0.25, 0.3) is 0 Å². The summed E-state index contributed by atoms with van der Waals surface area (Å²) in [4.78, 5) is 6.18. The minimum Gasteiger partial charge on any atom is -0.390 e. The first-order chi connectivity index (χ1) is 9.61. The molecule has 5 heteroatoms. The Bertz CT molecular complexity index is 402. The van der Waals surface area contributed by atoms with Gasteiger partial charge < -0.3 is 10.4 Å². The highest BCUT2D eigenvalue weighted by Gasteiger charge is 2.12. The molecule has 0 aliphatic carbocycles. The van der Waals surface area contributed by atoms with Crippen LogP contribution in [0.3, 0.4) is 0 Å². The van der Waals surface area contributed by atoms with Crippen molar-refractivity contribution in [1.29, 1.82) is 5.26 Å². The molecule has 0 radical (unpaired) electrons. The van der Waals surface area contributed by atoms with Gasteiger partial charge in [-0.2, -0.15) is 5.26 Å².